The molecule has 7 nitrogen and oxygen atoms in total. The van der Waals surface area contributed by atoms with Crippen LogP contribution in [0, 0.1) is 5.92 Å². The van der Waals surface area contributed by atoms with Crippen molar-refractivity contribution in [2.75, 3.05) is 13.2 Å². The van der Waals surface area contributed by atoms with E-state index in [1.165, 1.54) is 0 Å². The first-order chi connectivity index (χ1) is 11.4. The molecule has 0 unspecified atom stereocenters. The van der Waals surface area contributed by atoms with E-state index in [0.29, 0.717) is 5.56 Å². The topological polar surface area (TPSA) is 96.0 Å². The predicted molar refractivity (Wildman–Crippen MR) is 82.7 cm³/mol. The van der Waals surface area contributed by atoms with E-state index in [-0.39, 0.29) is 13.2 Å². The van der Waals surface area contributed by atoms with Crippen LogP contribution < -0.4 is 0 Å². The number of carbonyl (C=O) groups excluding carboxylic acids is 4. The summed E-state index contributed by atoms with van der Waals surface area (Å²) in [5.41, 5.74) is 0.344. The van der Waals surface area contributed by atoms with Crippen molar-refractivity contribution in [3.8, 4) is 0 Å². The lowest BCUT2D eigenvalue weighted by Gasteiger charge is -2.20. The summed E-state index contributed by atoms with van der Waals surface area (Å²) in [4.78, 5) is 48.1. The number of carbonyl (C=O) groups is 4. The van der Waals surface area contributed by atoms with Gasteiger partial charge in [0, 0.05) is 12.5 Å². The number of Topliss-reactive ketones (excluding diaryl/α,β-unsaturated/α-hetero) is 1. The molecule has 0 aliphatic carbocycles. The summed E-state index contributed by atoms with van der Waals surface area (Å²) < 4.78 is 14.6. The molecule has 0 N–H and O–H groups in total. The molecule has 0 spiro atoms. The average molecular weight is 336 g/mol. The molecular weight excluding hydrogens is 316 g/mol. The van der Waals surface area contributed by atoms with Gasteiger partial charge in [0.15, 0.2) is 6.10 Å². The van der Waals surface area contributed by atoms with Gasteiger partial charge >= 0.3 is 17.9 Å². The van der Waals surface area contributed by atoms with Crippen molar-refractivity contribution in [2.24, 2.45) is 5.92 Å². The van der Waals surface area contributed by atoms with E-state index in [1.807, 2.05) is 0 Å². The Bertz CT molecular complexity index is 576. The predicted octanol–water partition coefficient (Wildman–Crippen LogP) is 1.60. The Kier molecular flexibility index (Phi) is 7.61. The molecule has 1 aromatic carbocycles. The largest absolute Gasteiger partial charge is 0.465 e. The number of esters is 3. The second kappa shape index (κ2) is 9.44. The Morgan fingerprint density at radius 1 is 0.917 bits per heavy atom. The highest BCUT2D eigenvalue weighted by Gasteiger charge is 2.42. The lowest BCUT2D eigenvalue weighted by Crippen LogP contribution is -2.38. The van der Waals surface area contributed by atoms with E-state index in [9.17, 15) is 19.2 Å². The maximum atomic E-state index is 12.7. The second-order valence-electron chi connectivity index (χ2n) is 4.74. The minimum Gasteiger partial charge on any atom is -0.465 e. The zero-order chi connectivity index (χ0) is 18.1. The van der Waals surface area contributed by atoms with E-state index in [0.717, 1.165) is 6.92 Å². The third-order valence-electron chi connectivity index (χ3n) is 2.97. The van der Waals surface area contributed by atoms with Crippen molar-refractivity contribution in [3.63, 3.8) is 0 Å². The van der Waals surface area contributed by atoms with Gasteiger partial charge in [-0.15, -0.1) is 0 Å². The Hall–Kier alpha value is -2.70. The van der Waals surface area contributed by atoms with Crippen LogP contribution in [0.1, 0.15) is 32.4 Å². The van der Waals surface area contributed by atoms with Gasteiger partial charge in [-0.3, -0.25) is 19.2 Å². The van der Waals surface area contributed by atoms with Crippen LogP contribution in [0.25, 0.3) is 0 Å². The number of hydrogen-bond acceptors (Lipinski definition) is 7. The molecule has 1 atom stereocenters. The molecular formula is C17H20O7. The molecule has 0 saturated carbocycles. The van der Waals surface area contributed by atoms with Gasteiger partial charge in [-0.1, -0.05) is 30.3 Å². The van der Waals surface area contributed by atoms with E-state index < -0.39 is 35.7 Å². The molecule has 0 fully saturated rings. The quantitative estimate of drug-likeness (QED) is 0.404. The molecule has 0 bridgehead atoms. The van der Waals surface area contributed by atoms with E-state index in [1.54, 1.807) is 44.2 Å². The van der Waals surface area contributed by atoms with Crippen molar-refractivity contribution in [2.45, 2.75) is 26.9 Å². The van der Waals surface area contributed by atoms with Crippen molar-refractivity contribution < 1.29 is 33.4 Å². The van der Waals surface area contributed by atoms with Crippen molar-refractivity contribution >= 4 is 23.7 Å². The van der Waals surface area contributed by atoms with Gasteiger partial charge in [-0.25, -0.2) is 0 Å². The highest BCUT2D eigenvalue weighted by Crippen LogP contribution is 2.24. The van der Waals surface area contributed by atoms with Crippen LogP contribution in [-0.2, 0) is 33.4 Å². The first-order valence-corrected chi connectivity index (χ1v) is 7.51. The molecule has 0 aliphatic heterocycles. The Labute approximate surface area is 139 Å². The first-order valence-electron chi connectivity index (χ1n) is 7.51. The van der Waals surface area contributed by atoms with Crippen molar-refractivity contribution in [1.29, 1.82) is 0 Å². The Morgan fingerprint density at radius 2 is 1.42 bits per heavy atom. The molecule has 0 saturated heterocycles. The number of benzene rings is 1. The highest BCUT2D eigenvalue weighted by molar-refractivity contribution is 6.16. The fraction of sp³-hybridized carbons (Fsp3) is 0.412. The SMILES string of the molecule is CCOC(=O)C(C(=O)OCC)C(=O)[C@@H](OC(C)=O)c1ccccc1. The monoisotopic (exact) mass is 336 g/mol. The van der Waals surface area contributed by atoms with Crippen LogP contribution in [0.4, 0.5) is 0 Å². The summed E-state index contributed by atoms with van der Waals surface area (Å²) in [7, 11) is 0. The average Bonchev–Trinajstić information content (AvgIpc) is 2.54. The minimum atomic E-state index is -1.81. The molecule has 1 aromatic rings. The molecule has 0 radical (unpaired) electrons. The Balaban J connectivity index is 3.20. The number of rotatable bonds is 8. The summed E-state index contributed by atoms with van der Waals surface area (Å²) in [5.74, 6) is -5.51. The zero-order valence-corrected chi connectivity index (χ0v) is 13.8. The van der Waals surface area contributed by atoms with Crippen molar-refractivity contribution in [1.82, 2.24) is 0 Å². The fourth-order valence-corrected chi connectivity index (χ4v) is 2.02. The van der Waals surface area contributed by atoms with Crippen LogP contribution in [0.15, 0.2) is 30.3 Å². The lowest BCUT2D eigenvalue weighted by atomic mass is 9.95. The van der Waals surface area contributed by atoms with Crippen LogP contribution in [0.2, 0.25) is 0 Å². The van der Waals surface area contributed by atoms with Gasteiger partial charge in [-0.05, 0) is 13.8 Å². The molecule has 24 heavy (non-hydrogen) atoms. The van der Waals surface area contributed by atoms with Crippen LogP contribution >= 0.6 is 0 Å². The normalized spacial score (nSPS) is 11.5. The third kappa shape index (κ3) is 5.19. The minimum absolute atomic E-state index is 0.00835. The standard InChI is InChI=1S/C17H20O7/c1-4-22-16(20)13(17(21)23-5-2)14(19)15(24-11(3)18)12-9-7-6-8-10-12/h6-10,13,15H,4-5H2,1-3H3/t15-/m0/s1. The van der Waals surface area contributed by atoms with E-state index >= 15 is 0 Å². The van der Waals surface area contributed by atoms with Gasteiger partial charge in [0.2, 0.25) is 11.7 Å². The highest BCUT2D eigenvalue weighted by atomic mass is 16.6. The number of ketones is 1. The summed E-state index contributed by atoms with van der Waals surface area (Å²) in [6.07, 6.45) is -1.40. The van der Waals surface area contributed by atoms with Crippen LogP contribution in [0.3, 0.4) is 0 Å². The first kappa shape index (κ1) is 19.3. The van der Waals surface area contributed by atoms with E-state index in [2.05, 4.69) is 0 Å². The number of ether oxygens (including phenoxy) is 3. The smallest absolute Gasteiger partial charge is 0.328 e. The summed E-state index contributed by atoms with van der Waals surface area (Å²) in [6.45, 7) is 4.21. The maximum Gasteiger partial charge on any atom is 0.328 e. The molecule has 0 aromatic heterocycles. The summed E-state index contributed by atoms with van der Waals surface area (Å²) in [5, 5.41) is 0. The van der Waals surface area contributed by atoms with Crippen LogP contribution in [0.5, 0.6) is 0 Å². The maximum absolute atomic E-state index is 12.7. The molecule has 7 heteroatoms. The molecule has 0 aliphatic rings. The molecule has 130 valence electrons. The van der Waals surface area contributed by atoms with Gasteiger partial charge in [0.25, 0.3) is 0 Å². The fourth-order valence-electron chi connectivity index (χ4n) is 2.02. The van der Waals surface area contributed by atoms with Gasteiger partial charge in [-0.2, -0.15) is 0 Å². The molecule has 0 heterocycles. The lowest BCUT2D eigenvalue weighted by molar-refractivity contribution is -0.170. The Morgan fingerprint density at radius 3 is 1.83 bits per heavy atom. The summed E-state index contributed by atoms with van der Waals surface area (Å²) in [6, 6.07) is 8.11. The number of hydrogen-bond donors (Lipinski definition) is 0. The third-order valence-corrected chi connectivity index (χ3v) is 2.97. The summed E-state index contributed by atoms with van der Waals surface area (Å²) >= 11 is 0. The van der Waals surface area contributed by atoms with Crippen molar-refractivity contribution in [3.05, 3.63) is 35.9 Å². The molecule has 1 rings (SSSR count). The van der Waals surface area contributed by atoms with E-state index in [4.69, 9.17) is 14.2 Å². The van der Waals surface area contributed by atoms with Crippen LogP contribution in [-0.4, -0.2) is 36.9 Å². The van der Waals surface area contributed by atoms with Gasteiger partial charge in [0.05, 0.1) is 13.2 Å². The van der Waals surface area contributed by atoms with Gasteiger partial charge < -0.3 is 14.2 Å². The molecule has 0 amide bonds. The van der Waals surface area contributed by atoms with Gasteiger partial charge in [0.1, 0.15) is 0 Å². The second-order valence-corrected chi connectivity index (χ2v) is 4.74. The zero-order valence-electron chi connectivity index (χ0n) is 13.8.